The van der Waals surface area contributed by atoms with Crippen LogP contribution in [0.3, 0.4) is 0 Å². The van der Waals surface area contributed by atoms with Crippen molar-refractivity contribution in [1.29, 1.82) is 0 Å². The number of hydrogen-bond acceptors (Lipinski definition) is 4. The highest BCUT2D eigenvalue weighted by Gasteiger charge is 2.28. The average Bonchev–Trinajstić information content (AvgIpc) is 2.49. The number of rotatable bonds is 1. The lowest BCUT2D eigenvalue weighted by Crippen LogP contribution is -2.30. The fourth-order valence-corrected chi connectivity index (χ4v) is 1.89. The van der Waals surface area contributed by atoms with Gasteiger partial charge in [-0.05, 0) is 25.6 Å². The van der Waals surface area contributed by atoms with E-state index in [4.69, 9.17) is 5.73 Å². The van der Waals surface area contributed by atoms with E-state index in [9.17, 15) is 0 Å². The first kappa shape index (κ1) is 9.43. The normalized spacial score (nSPS) is 28.1. The van der Waals surface area contributed by atoms with Gasteiger partial charge in [-0.1, -0.05) is 0 Å². The molecule has 2 heterocycles. The second kappa shape index (κ2) is 3.55. The molecule has 0 saturated carbocycles. The highest BCUT2D eigenvalue weighted by atomic mass is 15.3. The van der Waals surface area contributed by atoms with Crippen LogP contribution >= 0.6 is 0 Å². The number of nitrogen functional groups attached to an aromatic ring is 1. The Kier molecular flexibility index (Phi) is 2.39. The molecule has 4 nitrogen and oxygen atoms in total. The van der Waals surface area contributed by atoms with Crippen molar-refractivity contribution >= 4 is 5.69 Å². The molecule has 2 rings (SSSR count). The minimum Gasteiger partial charge on any atom is -0.397 e. The van der Waals surface area contributed by atoms with Crippen LogP contribution in [-0.4, -0.2) is 29.6 Å². The molecule has 1 saturated heterocycles. The highest BCUT2D eigenvalue weighted by Crippen LogP contribution is 2.27. The van der Waals surface area contributed by atoms with Gasteiger partial charge in [0.1, 0.15) is 0 Å². The van der Waals surface area contributed by atoms with Gasteiger partial charge in [0.15, 0.2) is 0 Å². The lowest BCUT2D eigenvalue weighted by molar-refractivity contribution is 0.253. The van der Waals surface area contributed by atoms with Gasteiger partial charge < -0.3 is 11.1 Å². The molecule has 0 amide bonds. The van der Waals surface area contributed by atoms with Crippen LogP contribution in [0.15, 0.2) is 18.5 Å². The monoisotopic (exact) mass is 192 g/mol. The number of nitrogens with zero attached hydrogens (tertiary/aromatic N) is 2. The van der Waals surface area contributed by atoms with Crippen molar-refractivity contribution in [3.63, 3.8) is 0 Å². The molecule has 1 aromatic rings. The molecule has 1 aliphatic heterocycles. The Bertz CT molecular complexity index is 326. The minimum absolute atomic E-state index is 0.369. The van der Waals surface area contributed by atoms with E-state index < -0.39 is 0 Å². The van der Waals surface area contributed by atoms with E-state index in [1.165, 1.54) is 5.56 Å². The molecule has 1 aliphatic rings. The molecule has 1 fully saturated rings. The number of pyridine rings is 1. The third-order valence-corrected chi connectivity index (χ3v) is 2.96. The van der Waals surface area contributed by atoms with Crippen molar-refractivity contribution in [1.82, 2.24) is 15.2 Å². The summed E-state index contributed by atoms with van der Waals surface area (Å²) < 4.78 is 0. The summed E-state index contributed by atoms with van der Waals surface area (Å²) in [6.45, 7) is 3.10. The van der Waals surface area contributed by atoms with Gasteiger partial charge in [0, 0.05) is 12.7 Å². The predicted molar refractivity (Wildman–Crippen MR) is 56.6 cm³/mol. The van der Waals surface area contributed by atoms with Gasteiger partial charge in [-0.2, -0.15) is 0 Å². The van der Waals surface area contributed by atoms with Crippen LogP contribution in [0.4, 0.5) is 5.69 Å². The van der Waals surface area contributed by atoms with E-state index in [1.807, 2.05) is 6.07 Å². The number of anilines is 1. The molecule has 14 heavy (non-hydrogen) atoms. The fraction of sp³-hybridized carbons (Fsp3) is 0.500. The second-order valence-electron chi connectivity index (χ2n) is 3.77. The van der Waals surface area contributed by atoms with Crippen molar-refractivity contribution in [3.05, 3.63) is 24.0 Å². The number of hydrogen-bond donors (Lipinski definition) is 2. The Morgan fingerprint density at radius 3 is 3.00 bits per heavy atom. The topological polar surface area (TPSA) is 54.2 Å². The number of nitrogens with two attached hydrogens (primary N) is 1. The van der Waals surface area contributed by atoms with Crippen LogP contribution in [0.1, 0.15) is 18.5 Å². The molecule has 0 bridgehead atoms. The zero-order valence-corrected chi connectivity index (χ0v) is 8.57. The summed E-state index contributed by atoms with van der Waals surface area (Å²) in [7, 11) is 2.11. The van der Waals surface area contributed by atoms with E-state index >= 15 is 0 Å². The summed E-state index contributed by atoms with van der Waals surface area (Å²) in [5, 5.41) is 3.39. The van der Waals surface area contributed by atoms with E-state index in [0.29, 0.717) is 12.2 Å². The third kappa shape index (κ3) is 1.47. The van der Waals surface area contributed by atoms with Crippen molar-refractivity contribution in [2.24, 2.45) is 0 Å². The SMILES string of the molecule is CC1NCC(c2ccncc2N)N1C. The van der Waals surface area contributed by atoms with Crippen molar-refractivity contribution in [2.75, 3.05) is 19.3 Å². The molecule has 0 aromatic carbocycles. The molecule has 0 aliphatic carbocycles. The second-order valence-corrected chi connectivity index (χ2v) is 3.77. The molecule has 2 atom stereocenters. The smallest absolute Gasteiger partial charge is 0.0571 e. The number of nitrogens with one attached hydrogen (secondary N) is 1. The average molecular weight is 192 g/mol. The Labute approximate surface area is 84.1 Å². The molecular formula is C10H16N4. The maximum absolute atomic E-state index is 5.89. The summed E-state index contributed by atoms with van der Waals surface area (Å²) >= 11 is 0. The lowest BCUT2D eigenvalue weighted by atomic mass is 10.1. The molecular weight excluding hydrogens is 176 g/mol. The summed E-state index contributed by atoms with van der Waals surface area (Å²) in [6, 6.07) is 2.36. The zero-order chi connectivity index (χ0) is 10.1. The maximum atomic E-state index is 5.89. The predicted octanol–water partition coefficient (Wildman–Crippen LogP) is 0.586. The maximum Gasteiger partial charge on any atom is 0.0571 e. The van der Waals surface area contributed by atoms with E-state index in [2.05, 4.69) is 29.2 Å². The molecule has 76 valence electrons. The van der Waals surface area contributed by atoms with E-state index in [0.717, 1.165) is 12.2 Å². The highest BCUT2D eigenvalue weighted by molar-refractivity contribution is 5.46. The molecule has 0 radical (unpaired) electrons. The fourth-order valence-electron chi connectivity index (χ4n) is 1.89. The van der Waals surface area contributed by atoms with E-state index in [1.54, 1.807) is 12.4 Å². The lowest BCUT2D eigenvalue weighted by Gasteiger charge is -2.23. The van der Waals surface area contributed by atoms with Gasteiger partial charge in [-0.15, -0.1) is 0 Å². The van der Waals surface area contributed by atoms with E-state index in [-0.39, 0.29) is 0 Å². The summed E-state index contributed by atoms with van der Waals surface area (Å²) in [6.07, 6.45) is 3.92. The van der Waals surface area contributed by atoms with Crippen LogP contribution in [0.5, 0.6) is 0 Å². The van der Waals surface area contributed by atoms with Gasteiger partial charge >= 0.3 is 0 Å². The Hall–Kier alpha value is -1.13. The van der Waals surface area contributed by atoms with Gasteiger partial charge in [0.25, 0.3) is 0 Å². The third-order valence-electron chi connectivity index (χ3n) is 2.96. The molecule has 0 spiro atoms. The number of likely N-dealkylation sites (N-methyl/N-ethyl adjacent to an activating group) is 1. The van der Waals surface area contributed by atoms with Crippen LogP contribution in [-0.2, 0) is 0 Å². The largest absolute Gasteiger partial charge is 0.397 e. The first-order valence-corrected chi connectivity index (χ1v) is 4.85. The first-order chi connectivity index (χ1) is 6.70. The number of aromatic nitrogens is 1. The molecule has 3 N–H and O–H groups in total. The molecule has 1 aromatic heterocycles. The Morgan fingerprint density at radius 2 is 2.43 bits per heavy atom. The van der Waals surface area contributed by atoms with Crippen molar-refractivity contribution in [3.8, 4) is 0 Å². The van der Waals surface area contributed by atoms with Gasteiger partial charge in [-0.3, -0.25) is 9.88 Å². The zero-order valence-electron chi connectivity index (χ0n) is 8.57. The van der Waals surface area contributed by atoms with Crippen molar-refractivity contribution < 1.29 is 0 Å². The summed E-state index contributed by atoms with van der Waals surface area (Å²) in [4.78, 5) is 6.28. The summed E-state index contributed by atoms with van der Waals surface area (Å²) in [5.41, 5.74) is 7.84. The van der Waals surface area contributed by atoms with Crippen LogP contribution < -0.4 is 11.1 Å². The van der Waals surface area contributed by atoms with Crippen LogP contribution in [0.25, 0.3) is 0 Å². The minimum atomic E-state index is 0.369. The van der Waals surface area contributed by atoms with Gasteiger partial charge in [0.2, 0.25) is 0 Å². The van der Waals surface area contributed by atoms with Crippen LogP contribution in [0, 0.1) is 0 Å². The van der Waals surface area contributed by atoms with Gasteiger partial charge in [-0.25, -0.2) is 0 Å². The quantitative estimate of drug-likeness (QED) is 0.683. The van der Waals surface area contributed by atoms with Crippen molar-refractivity contribution in [2.45, 2.75) is 19.1 Å². The molecule has 2 unspecified atom stereocenters. The standard InChI is InChI=1S/C10H16N4/c1-7-13-6-10(14(7)2)8-3-4-12-5-9(8)11/h3-5,7,10,13H,6,11H2,1-2H3. The Balaban J connectivity index is 2.28. The molecule has 4 heteroatoms. The Morgan fingerprint density at radius 1 is 1.64 bits per heavy atom. The van der Waals surface area contributed by atoms with Gasteiger partial charge in [0.05, 0.1) is 24.1 Å². The summed E-state index contributed by atoms with van der Waals surface area (Å²) in [5.74, 6) is 0. The van der Waals surface area contributed by atoms with Crippen LogP contribution in [0.2, 0.25) is 0 Å². The first-order valence-electron chi connectivity index (χ1n) is 4.85.